The molecule has 1 N–H and O–H groups in total. The molecule has 0 aromatic carbocycles. The van der Waals surface area contributed by atoms with Gasteiger partial charge in [-0.15, -0.1) is 0 Å². The molecule has 4 aromatic rings. The minimum Gasteiger partial charge on any atom is -0.487 e. The Kier molecular flexibility index (Phi) is 5.33. The first-order chi connectivity index (χ1) is 15.7. The summed E-state index contributed by atoms with van der Waals surface area (Å²) in [6.45, 7) is 5.21. The van der Waals surface area contributed by atoms with Crippen molar-refractivity contribution in [2.45, 2.75) is 25.9 Å². The molecule has 5 heterocycles. The normalized spacial score (nSPS) is 15.2. The number of aromatic nitrogens is 4. The van der Waals surface area contributed by atoms with Crippen LogP contribution in [0.5, 0.6) is 11.6 Å². The summed E-state index contributed by atoms with van der Waals surface area (Å²) in [5.41, 5.74) is 3.68. The molecule has 1 aliphatic heterocycles. The summed E-state index contributed by atoms with van der Waals surface area (Å²) < 4.78 is 11.6. The number of rotatable bonds is 5. The summed E-state index contributed by atoms with van der Waals surface area (Å²) in [5.74, 6) is 1.10. The van der Waals surface area contributed by atoms with E-state index in [0.717, 1.165) is 65.5 Å². The van der Waals surface area contributed by atoms with Crippen molar-refractivity contribution in [1.29, 1.82) is 5.26 Å². The van der Waals surface area contributed by atoms with Crippen LogP contribution in [0.25, 0.3) is 33.1 Å². The van der Waals surface area contributed by atoms with Gasteiger partial charge in [0.2, 0.25) is 5.88 Å². The Morgan fingerprint density at radius 1 is 1.12 bits per heavy atom. The monoisotopic (exact) mass is 428 g/mol. The van der Waals surface area contributed by atoms with Crippen LogP contribution >= 0.6 is 0 Å². The average Bonchev–Trinajstić information content (AvgIpc) is 3.23. The van der Waals surface area contributed by atoms with E-state index < -0.39 is 0 Å². The predicted molar refractivity (Wildman–Crippen MR) is 122 cm³/mol. The number of hydrogen-bond acceptors (Lipinski definition) is 7. The van der Waals surface area contributed by atoms with Crippen LogP contribution in [0.4, 0.5) is 0 Å². The number of ether oxygens (including phenoxy) is 2. The van der Waals surface area contributed by atoms with Crippen LogP contribution in [0, 0.1) is 11.3 Å². The van der Waals surface area contributed by atoms with Gasteiger partial charge in [-0.3, -0.25) is 0 Å². The molecule has 4 aromatic heterocycles. The number of nitrogens with one attached hydrogen (secondary N) is 1. The van der Waals surface area contributed by atoms with Gasteiger partial charge in [0, 0.05) is 48.1 Å². The second kappa shape index (κ2) is 8.44. The minimum atomic E-state index is 0.0594. The number of piperidine rings is 1. The Balaban J connectivity index is 1.59. The smallest absolute Gasteiger partial charge is 0.212 e. The molecule has 5 rings (SSSR count). The first-order valence-corrected chi connectivity index (χ1v) is 10.8. The number of fused-ring (bicyclic) bond motifs is 3. The third kappa shape index (κ3) is 3.61. The van der Waals surface area contributed by atoms with E-state index in [1.807, 2.05) is 12.1 Å². The number of likely N-dealkylation sites (tertiary alicyclic amines) is 1. The lowest BCUT2D eigenvalue weighted by atomic mass is 10.1. The van der Waals surface area contributed by atoms with E-state index in [1.54, 1.807) is 25.7 Å². The Labute approximate surface area is 185 Å². The SMILES string of the molecule is CCN1CCC(Oc2c(C#N)ncc3[nH]c4ncc(-c5ccc(OC)nc5)cc4c23)CC1. The Hall–Kier alpha value is -3.70. The van der Waals surface area contributed by atoms with Crippen LogP contribution in [0.1, 0.15) is 25.5 Å². The summed E-state index contributed by atoms with van der Waals surface area (Å²) in [6.07, 6.45) is 7.16. The molecule has 8 nitrogen and oxygen atoms in total. The molecule has 8 heteroatoms. The van der Waals surface area contributed by atoms with E-state index in [9.17, 15) is 5.26 Å². The zero-order valence-electron chi connectivity index (χ0n) is 18.1. The maximum atomic E-state index is 9.73. The Morgan fingerprint density at radius 3 is 2.62 bits per heavy atom. The minimum absolute atomic E-state index is 0.0594. The molecule has 0 bridgehead atoms. The van der Waals surface area contributed by atoms with E-state index in [0.29, 0.717) is 17.3 Å². The standard InChI is InChI=1S/C24H24N6O2/c1-3-30-8-6-17(7-9-30)32-23-19(11-25)26-14-20-22(23)18-10-16(13-28-24(18)29-20)15-4-5-21(31-2)27-12-15/h4-5,10,12-14,17H,3,6-9H2,1-2H3,(H,28,29). The highest BCUT2D eigenvalue weighted by atomic mass is 16.5. The zero-order valence-corrected chi connectivity index (χ0v) is 18.1. The molecule has 0 amide bonds. The Morgan fingerprint density at radius 2 is 1.94 bits per heavy atom. The van der Waals surface area contributed by atoms with Gasteiger partial charge in [0.1, 0.15) is 17.8 Å². The van der Waals surface area contributed by atoms with Crippen molar-refractivity contribution in [2.24, 2.45) is 0 Å². The topological polar surface area (TPSA) is 100.0 Å². The van der Waals surface area contributed by atoms with Gasteiger partial charge in [-0.2, -0.15) is 5.26 Å². The van der Waals surface area contributed by atoms with Crippen LogP contribution in [0.15, 0.2) is 36.8 Å². The molecular formula is C24H24N6O2. The molecule has 0 unspecified atom stereocenters. The fourth-order valence-electron chi connectivity index (χ4n) is 4.27. The number of H-pyrrole nitrogens is 1. The number of nitrogens with zero attached hydrogens (tertiary/aromatic N) is 5. The average molecular weight is 428 g/mol. The molecule has 1 aliphatic rings. The van der Waals surface area contributed by atoms with Gasteiger partial charge < -0.3 is 19.4 Å². The van der Waals surface area contributed by atoms with Gasteiger partial charge in [0.05, 0.1) is 24.2 Å². The van der Waals surface area contributed by atoms with Crippen molar-refractivity contribution in [2.75, 3.05) is 26.7 Å². The fraction of sp³-hybridized carbons (Fsp3) is 0.333. The summed E-state index contributed by atoms with van der Waals surface area (Å²) in [7, 11) is 1.59. The summed E-state index contributed by atoms with van der Waals surface area (Å²) in [4.78, 5) is 19.0. The van der Waals surface area contributed by atoms with Crippen molar-refractivity contribution in [3.05, 3.63) is 42.5 Å². The third-order valence-electron chi connectivity index (χ3n) is 6.10. The largest absolute Gasteiger partial charge is 0.487 e. The van der Waals surface area contributed by atoms with Crippen molar-refractivity contribution in [3.8, 4) is 28.8 Å². The lowest BCUT2D eigenvalue weighted by Gasteiger charge is -2.31. The third-order valence-corrected chi connectivity index (χ3v) is 6.10. The highest BCUT2D eigenvalue weighted by Crippen LogP contribution is 2.37. The number of nitriles is 1. The second-order valence-electron chi connectivity index (χ2n) is 7.92. The number of hydrogen-bond donors (Lipinski definition) is 1. The quantitative estimate of drug-likeness (QED) is 0.514. The highest BCUT2D eigenvalue weighted by molar-refractivity contribution is 6.10. The van der Waals surface area contributed by atoms with Gasteiger partial charge in [-0.05, 0) is 31.5 Å². The van der Waals surface area contributed by atoms with Crippen LogP contribution in [0.3, 0.4) is 0 Å². The van der Waals surface area contributed by atoms with E-state index in [-0.39, 0.29) is 6.10 Å². The molecule has 0 radical (unpaired) electrons. The van der Waals surface area contributed by atoms with E-state index in [1.165, 1.54) is 0 Å². The first-order valence-electron chi connectivity index (χ1n) is 10.8. The van der Waals surface area contributed by atoms with Crippen LogP contribution in [-0.4, -0.2) is 57.7 Å². The Bertz CT molecular complexity index is 1300. The lowest BCUT2D eigenvalue weighted by molar-refractivity contribution is 0.104. The van der Waals surface area contributed by atoms with Crippen LogP contribution in [-0.2, 0) is 0 Å². The molecule has 0 atom stereocenters. The molecule has 0 aliphatic carbocycles. The maximum absolute atomic E-state index is 9.73. The first kappa shape index (κ1) is 20.2. The summed E-state index contributed by atoms with van der Waals surface area (Å²) in [5, 5.41) is 11.5. The van der Waals surface area contributed by atoms with Gasteiger partial charge >= 0.3 is 0 Å². The fourth-order valence-corrected chi connectivity index (χ4v) is 4.27. The van der Waals surface area contributed by atoms with Crippen molar-refractivity contribution in [3.63, 3.8) is 0 Å². The van der Waals surface area contributed by atoms with E-state index in [4.69, 9.17) is 9.47 Å². The van der Waals surface area contributed by atoms with Crippen molar-refractivity contribution >= 4 is 21.9 Å². The molecule has 0 saturated carbocycles. The van der Waals surface area contributed by atoms with Crippen LogP contribution in [0.2, 0.25) is 0 Å². The summed E-state index contributed by atoms with van der Waals surface area (Å²) >= 11 is 0. The number of methoxy groups -OCH3 is 1. The zero-order chi connectivity index (χ0) is 22.1. The second-order valence-corrected chi connectivity index (χ2v) is 7.92. The molecule has 32 heavy (non-hydrogen) atoms. The van der Waals surface area contributed by atoms with Gasteiger partial charge in [0.15, 0.2) is 11.4 Å². The molecule has 0 spiro atoms. The van der Waals surface area contributed by atoms with E-state index in [2.05, 4.69) is 43.9 Å². The van der Waals surface area contributed by atoms with Gasteiger partial charge in [-0.1, -0.05) is 6.92 Å². The molecular weight excluding hydrogens is 404 g/mol. The maximum Gasteiger partial charge on any atom is 0.212 e. The molecule has 162 valence electrons. The van der Waals surface area contributed by atoms with Gasteiger partial charge in [-0.25, -0.2) is 15.0 Å². The van der Waals surface area contributed by atoms with Crippen molar-refractivity contribution < 1.29 is 9.47 Å². The lowest BCUT2D eigenvalue weighted by Crippen LogP contribution is -2.38. The number of pyridine rings is 3. The molecule has 1 fully saturated rings. The summed E-state index contributed by atoms with van der Waals surface area (Å²) in [6, 6.07) is 8.03. The van der Waals surface area contributed by atoms with Crippen molar-refractivity contribution in [1.82, 2.24) is 24.8 Å². The van der Waals surface area contributed by atoms with Gasteiger partial charge in [0.25, 0.3) is 0 Å². The number of aromatic amines is 1. The van der Waals surface area contributed by atoms with Crippen LogP contribution < -0.4 is 9.47 Å². The highest BCUT2D eigenvalue weighted by Gasteiger charge is 2.24. The predicted octanol–water partition coefficient (Wildman–Crippen LogP) is 3.92. The molecule has 1 saturated heterocycles. The van der Waals surface area contributed by atoms with E-state index >= 15 is 0 Å².